The molecular weight excluding hydrogens is 556 g/mol. The van der Waals surface area contributed by atoms with E-state index in [-0.39, 0.29) is 22.9 Å². The number of benzene rings is 2. The van der Waals surface area contributed by atoms with Crippen molar-refractivity contribution in [3.63, 3.8) is 0 Å². The quantitative estimate of drug-likeness (QED) is 0.389. The SMILES string of the molecule is Cc1ccc(S(=O)(=O)OC[C@H](C)N(C[C@@H]2COC(C)(C)N2C(=O)OC(C)(C)C)S(=O)(=O)c2ccc(C)cc2)cc1. The van der Waals surface area contributed by atoms with Gasteiger partial charge in [0.2, 0.25) is 10.0 Å². The third-order valence-electron chi connectivity index (χ3n) is 6.45. The summed E-state index contributed by atoms with van der Waals surface area (Å²) in [4.78, 5) is 14.6. The van der Waals surface area contributed by atoms with Crippen molar-refractivity contribution in [1.82, 2.24) is 9.21 Å². The summed E-state index contributed by atoms with van der Waals surface area (Å²) >= 11 is 0. The third kappa shape index (κ3) is 7.61. The van der Waals surface area contributed by atoms with Gasteiger partial charge in [0.05, 0.1) is 29.0 Å². The molecule has 0 aromatic heterocycles. The van der Waals surface area contributed by atoms with E-state index >= 15 is 0 Å². The number of amides is 1. The number of ether oxygens (including phenoxy) is 2. The predicted octanol–water partition coefficient (Wildman–Crippen LogP) is 4.46. The Balaban J connectivity index is 1.94. The Morgan fingerprint density at radius 1 is 1.00 bits per heavy atom. The molecule has 40 heavy (non-hydrogen) atoms. The summed E-state index contributed by atoms with van der Waals surface area (Å²) in [7, 11) is -8.28. The van der Waals surface area contributed by atoms with Crippen LogP contribution in [0.25, 0.3) is 0 Å². The minimum Gasteiger partial charge on any atom is -0.444 e. The van der Waals surface area contributed by atoms with E-state index in [1.54, 1.807) is 65.8 Å². The summed E-state index contributed by atoms with van der Waals surface area (Å²) < 4.78 is 71.5. The second-order valence-electron chi connectivity index (χ2n) is 11.6. The van der Waals surface area contributed by atoms with Crippen LogP contribution < -0.4 is 0 Å². The molecular formula is C28H40N2O8S2. The van der Waals surface area contributed by atoms with E-state index in [0.717, 1.165) is 15.4 Å². The van der Waals surface area contributed by atoms with Crippen LogP contribution in [-0.4, -0.2) is 75.3 Å². The van der Waals surface area contributed by atoms with E-state index < -0.39 is 56.3 Å². The van der Waals surface area contributed by atoms with Gasteiger partial charge < -0.3 is 9.47 Å². The highest BCUT2D eigenvalue weighted by atomic mass is 32.2. The molecule has 0 unspecified atom stereocenters. The highest BCUT2D eigenvalue weighted by Gasteiger charge is 2.48. The number of carbonyl (C=O) groups excluding carboxylic acids is 1. The molecule has 1 fully saturated rings. The van der Waals surface area contributed by atoms with Crippen molar-refractivity contribution in [1.29, 1.82) is 0 Å². The van der Waals surface area contributed by atoms with Crippen LogP contribution in [0.1, 0.15) is 52.7 Å². The highest BCUT2D eigenvalue weighted by molar-refractivity contribution is 7.89. The predicted molar refractivity (Wildman–Crippen MR) is 151 cm³/mol. The van der Waals surface area contributed by atoms with Crippen LogP contribution in [0.5, 0.6) is 0 Å². The summed E-state index contributed by atoms with van der Waals surface area (Å²) in [6.45, 7) is 13.3. The summed E-state index contributed by atoms with van der Waals surface area (Å²) in [5.41, 5.74) is -0.0627. The van der Waals surface area contributed by atoms with Crippen molar-refractivity contribution in [3.05, 3.63) is 59.7 Å². The van der Waals surface area contributed by atoms with Gasteiger partial charge in [0.15, 0.2) is 0 Å². The number of nitrogens with zero attached hydrogens (tertiary/aromatic N) is 2. The number of rotatable bonds is 9. The number of hydrogen-bond donors (Lipinski definition) is 0. The lowest BCUT2D eigenvalue weighted by atomic mass is 10.2. The fourth-order valence-corrected chi connectivity index (χ4v) is 6.95. The van der Waals surface area contributed by atoms with Crippen molar-refractivity contribution in [3.8, 4) is 0 Å². The number of hydrogen-bond acceptors (Lipinski definition) is 8. The molecule has 2 aromatic carbocycles. The minimum atomic E-state index is -4.14. The van der Waals surface area contributed by atoms with Gasteiger partial charge in [0.25, 0.3) is 10.1 Å². The lowest BCUT2D eigenvalue weighted by Gasteiger charge is -2.37. The average molecular weight is 597 g/mol. The summed E-state index contributed by atoms with van der Waals surface area (Å²) in [5, 5.41) is 0. The van der Waals surface area contributed by atoms with Gasteiger partial charge >= 0.3 is 6.09 Å². The standard InChI is InChI=1S/C28H40N2O8S2/c1-20-9-13-24(14-10-20)39(32,33)29(22(3)18-37-40(34,35)25-15-11-21(2)12-16-25)17-23-19-36-28(7,8)30(23)26(31)38-27(4,5)6/h9-16,22-23H,17-19H2,1-8H3/t22-,23+/m0/s1. The lowest BCUT2D eigenvalue weighted by Crippen LogP contribution is -2.55. The van der Waals surface area contributed by atoms with Crippen LogP contribution in [0.2, 0.25) is 0 Å². The van der Waals surface area contributed by atoms with Gasteiger partial charge in [-0.1, -0.05) is 35.4 Å². The monoisotopic (exact) mass is 596 g/mol. The van der Waals surface area contributed by atoms with Gasteiger partial charge in [-0.2, -0.15) is 12.7 Å². The molecule has 0 aliphatic carbocycles. The molecule has 10 nitrogen and oxygen atoms in total. The molecule has 0 spiro atoms. The molecule has 0 radical (unpaired) electrons. The summed E-state index contributed by atoms with van der Waals surface area (Å²) in [6, 6.07) is 10.9. The zero-order chi connectivity index (χ0) is 30.1. The maximum Gasteiger partial charge on any atom is 0.412 e. The van der Waals surface area contributed by atoms with Crippen molar-refractivity contribution in [2.75, 3.05) is 19.8 Å². The molecule has 1 amide bonds. The summed E-state index contributed by atoms with van der Waals surface area (Å²) in [6.07, 6.45) is -0.640. The van der Waals surface area contributed by atoms with Gasteiger partial charge in [-0.15, -0.1) is 0 Å². The van der Waals surface area contributed by atoms with Crippen LogP contribution in [0, 0.1) is 13.8 Å². The summed E-state index contributed by atoms with van der Waals surface area (Å²) in [5.74, 6) is 0. The Morgan fingerprint density at radius 3 is 2.00 bits per heavy atom. The van der Waals surface area contributed by atoms with Crippen LogP contribution in [-0.2, 0) is 33.8 Å². The first-order valence-corrected chi connectivity index (χ1v) is 15.9. The van der Waals surface area contributed by atoms with Gasteiger partial charge in [-0.25, -0.2) is 13.2 Å². The maximum absolute atomic E-state index is 13.9. The van der Waals surface area contributed by atoms with E-state index in [1.165, 1.54) is 29.2 Å². The Morgan fingerprint density at radius 2 is 1.50 bits per heavy atom. The molecule has 0 bridgehead atoms. The fraction of sp³-hybridized carbons (Fsp3) is 0.536. The zero-order valence-corrected chi connectivity index (χ0v) is 26.0. The smallest absolute Gasteiger partial charge is 0.412 e. The van der Waals surface area contributed by atoms with Crippen LogP contribution in [0.3, 0.4) is 0 Å². The molecule has 12 heteroatoms. The van der Waals surface area contributed by atoms with Crippen molar-refractivity contribution in [2.45, 2.75) is 88.6 Å². The molecule has 0 saturated carbocycles. The van der Waals surface area contributed by atoms with Crippen LogP contribution >= 0.6 is 0 Å². The second-order valence-corrected chi connectivity index (χ2v) is 15.1. The van der Waals surface area contributed by atoms with Crippen LogP contribution in [0.15, 0.2) is 58.3 Å². The van der Waals surface area contributed by atoms with Gasteiger partial charge in [-0.05, 0) is 79.7 Å². The first-order chi connectivity index (χ1) is 18.3. The molecule has 1 heterocycles. The normalized spacial score (nSPS) is 18.6. The molecule has 0 N–H and O–H groups in total. The van der Waals surface area contributed by atoms with E-state index in [0.29, 0.717) is 0 Å². The molecule has 1 aliphatic heterocycles. The van der Waals surface area contributed by atoms with E-state index in [1.807, 2.05) is 13.8 Å². The molecule has 222 valence electrons. The molecule has 2 atom stereocenters. The highest BCUT2D eigenvalue weighted by Crippen LogP contribution is 2.32. The maximum atomic E-state index is 13.9. The van der Waals surface area contributed by atoms with Gasteiger partial charge in [0.1, 0.15) is 11.3 Å². The first-order valence-electron chi connectivity index (χ1n) is 13.0. The average Bonchev–Trinajstić information content (AvgIpc) is 3.14. The Labute approximate surface area is 238 Å². The Hall–Kier alpha value is -2.51. The first kappa shape index (κ1) is 32.0. The van der Waals surface area contributed by atoms with Crippen molar-refractivity contribution >= 4 is 26.2 Å². The Kier molecular flexibility index (Phi) is 9.42. The second kappa shape index (κ2) is 11.8. The molecule has 3 rings (SSSR count). The largest absolute Gasteiger partial charge is 0.444 e. The lowest BCUT2D eigenvalue weighted by molar-refractivity contribution is -0.0630. The number of sulfonamides is 1. The van der Waals surface area contributed by atoms with E-state index in [2.05, 4.69) is 0 Å². The van der Waals surface area contributed by atoms with Crippen molar-refractivity contribution in [2.24, 2.45) is 0 Å². The minimum absolute atomic E-state index is 0.0275. The number of aryl methyl sites for hydroxylation is 2. The Bertz CT molecular complexity index is 1400. The third-order valence-corrected chi connectivity index (χ3v) is 9.74. The van der Waals surface area contributed by atoms with Gasteiger partial charge in [-0.3, -0.25) is 9.08 Å². The zero-order valence-electron chi connectivity index (χ0n) is 24.4. The van der Waals surface area contributed by atoms with Crippen molar-refractivity contribution < 1.29 is 35.3 Å². The van der Waals surface area contributed by atoms with Crippen LogP contribution in [0.4, 0.5) is 4.79 Å². The number of carbonyl (C=O) groups is 1. The molecule has 1 aliphatic rings. The molecule has 1 saturated heterocycles. The topological polar surface area (TPSA) is 120 Å². The van der Waals surface area contributed by atoms with E-state index in [4.69, 9.17) is 13.7 Å². The molecule has 2 aromatic rings. The fourth-order valence-electron chi connectivity index (χ4n) is 4.31. The van der Waals surface area contributed by atoms with E-state index in [9.17, 15) is 21.6 Å². The van der Waals surface area contributed by atoms with Gasteiger partial charge in [0, 0.05) is 12.6 Å².